The summed E-state index contributed by atoms with van der Waals surface area (Å²) in [6, 6.07) is 13.8. The number of rotatable bonds is 6. The molecule has 0 radical (unpaired) electrons. The van der Waals surface area contributed by atoms with E-state index in [1.807, 2.05) is 31.2 Å². The van der Waals surface area contributed by atoms with E-state index < -0.39 is 10.0 Å². The minimum Gasteiger partial charge on any atom is -0.497 e. The first-order valence-electron chi connectivity index (χ1n) is 9.62. The number of aliphatic imine (C=N–C) groups is 1. The van der Waals surface area contributed by atoms with Gasteiger partial charge in [0.2, 0.25) is 10.0 Å². The first-order valence-corrected chi connectivity index (χ1v) is 11.9. The number of sulfonamides is 1. The first kappa shape index (κ1) is 23.1. The van der Waals surface area contributed by atoms with Crippen molar-refractivity contribution in [2.75, 3.05) is 27.7 Å². The average Bonchev–Trinajstić information content (AvgIpc) is 3.12. The van der Waals surface area contributed by atoms with Gasteiger partial charge in [-0.25, -0.2) is 17.7 Å². The van der Waals surface area contributed by atoms with Gasteiger partial charge in [-0.2, -0.15) is 0 Å². The van der Waals surface area contributed by atoms with Crippen LogP contribution in [0.3, 0.4) is 0 Å². The summed E-state index contributed by atoms with van der Waals surface area (Å²) in [5, 5.41) is 0.730. The van der Waals surface area contributed by atoms with Crippen LogP contribution in [0.25, 0.3) is 6.08 Å². The van der Waals surface area contributed by atoms with Crippen LogP contribution in [0.1, 0.15) is 12.5 Å². The van der Waals surface area contributed by atoms with Crippen molar-refractivity contribution < 1.29 is 17.9 Å². The van der Waals surface area contributed by atoms with Gasteiger partial charge in [0.25, 0.3) is 5.91 Å². The molecular weight excluding hydrogens is 434 g/mol. The Bertz CT molecular complexity index is 1130. The average molecular weight is 460 g/mol. The van der Waals surface area contributed by atoms with E-state index in [4.69, 9.17) is 4.74 Å². The van der Waals surface area contributed by atoms with E-state index in [1.165, 1.54) is 44.1 Å². The quantitative estimate of drug-likeness (QED) is 0.617. The highest BCUT2D eigenvalue weighted by Gasteiger charge is 2.29. The van der Waals surface area contributed by atoms with Gasteiger partial charge in [0, 0.05) is 32.0 Å². The van der Waals surface area contributed by atoms with Gasteiger partial charge in [-0.05, 0) is 42.0 Å². The molecule has 7 nitrogen and oxygen atoms in total. The Balaban J connectivity index is 1.85. The molecule has 2 aromatic rings. The number of benzene rings is 2. The molecule has 1 amide bonds. The fraction of sp³-hybridized carbons (Fsp3) is 0.273. The second-order valence-corrected chi connectivity index (χ2v) is 10.7. The lowest BCUT2D eigenvalue weighted by Gasteiger charge is -2.14. The molecule has 0 bridgehead atoms. The maximum absolute atomic E-state index is 12.8. The van der Waals surface area contributed by atoms with Crippen LogP contribution in [-0.2, 0) is 14.8 Å². The van der Waals surface area contributed by atoms with Crippen LogP contribution in [0.4, 0.5) is 5.69 Å². The van der Waals surface area contributed by atoms with E-state index in [-0.39, 0.29) is 16.1 Å². The number of carbonyl (C=O) groups excluding carboxylic acids is 1. The van der Waals surface area contributed by atoms with Gasteiger partial charge in [0.1, 0.15) is 5.75 Å². The highest BCUT2D eigenvalue weighted by atomic mass is 32.2. The van der Waals surface area contributed by atoms with E-state index in [9.17, 15) is 13.2 Å². The summed E-state index contributed by atoms with van der Waals surface area (Å²) in [7, 11) is 0.999. The third-order valence-electron chi connectivity index (χ3n) is 4.58. The zero-order valence-corrected chi connectivity index (χ0v) is 19.5. The van der Waals surface area contributed by atoms with Crippen LogP contribution in [0.15, 0.2) is 64.5 Å². The SMILES string of the molecule is COc1cccc(C=CC(=O)N2CC(C)SC2=Nc2cccc(S(=O)(=O)N(C)C)c2)c1. The van der Waals surface area contributed by atoms with Crippen molar-refractivity contribution in [3.63, 3.8) is 0 Å². The summed E-state index contributed by atoms with van der Waals surface area (Å²) in [6.07, 6.45) is 3.25. The largest absolute Gasteiger partial charge is 0.497 e. The summed E-state index contributed by atoms with van der Waals surface area (Å²) in [6.45, 7) is 2.55. The first-order chi connectivity index (χ1) is 14.7. The number of carbonyl (C=O) groups is 1. The van der Waals surface area contributed by atoms with Crippen molar-refractivity contribution in [1.29, 1.82) is 0 Å². The molecular formula is C22H25N3O4S2. The zero-order valence-electron chi connectivity index (χ0n) is 17.8. The van der Waals surface area contributed by atoms with Gasteiger partial charge in [-0.3, -0.25) is 9.69 Å². The summed E-state index contributed by atoms with van der Waals surface area (Å²) >= 11 is 1.49. The van der Waals surface area contributed by atoms with E-state index in [0.717, 1.165) is 15.6 Å². The van der Waals surface area contributed by atoms with E-state index in [0.29, 0.717) is 17.4 Å². The van der Waals surface area contributed by atoms with Crippen molar-refractivity contribution in [3.05, 3.63) is 60.2 Å². The van der Waals surface area contributed by atoms with E-state index in [2.05, 4.69) is 4.99 Å². The molecule has 0 aliphatic carbocycles. The molecule has 0 aromatic heterocycles. The lowest BCUT2D eigenvalue weighted by atomic mass is 10.2. The Hall–Kier alpha value is -2.62. The Morgan fingerprint density at radius 1 is 1.23 bits per heavy atom. The monoisotopic (exact) mass is 459 g/mol. The number of thioether (sulfide) groups is 1. The molecule has 3 rings (SSSR count). The summed E-state index contributed by atoms with van der Waals surface area (Å²) in [5.74, 6) is 0.533. The molecule has 1 aliphatic rings. The van der Waals surface area contributed by atoms with Gasteiger partial charge in [-0.15, -0.1) is 0 Å². The normalized spacial score (nSPS) is 18.3. The van der Waals surface area contributed by atoms with Crippen LogP contribution in [0, 0.1) is 0 Å². The van der Waals surface area contributed by atoms with E-state index in [1.54, 1.807) is 30.2 Å². The zero-order chi connectivity index (χ0) is 22.6. The smallest absolute Gasteiger partial charge is 0.252 e. The molecule has 9 heteroatoms. The summed E-state index contributed by atoms with van der Waals surface area (Å²) in [4.78, 5) is 19.2. The Labute approximate surface area is 187 Å². The third kappa shape index (κ3) is 5.55. The van der Waals surface area contributed by atoms with Crippen molar-refractivity contribution in [2.24, 2.45) is 4.99 Å². The summed E-state index contributed by atoms with van der Waals surface area (Å²) in [5.41, 5.74) is 1.33. The van der Waals surface area contributed by atoms with Gasteiger partial charge in [0.05, 0.1) is 17.7 Å². The predicted octanol–water partition coefficient (Wildman–Crippen LogP) is 3.61. The van der Waals surface area contributed by atoms with Gasteiger partial charge >= 0.3 is 0 Å². The highest BCUT2D eigenvalue weighted by Crippen LogP contribution is 2.29. The number of hydrogen-bond donors (Lipinski definition) is 0. The lowest BCUT2D eigenvalue weighted by molar-refractivity contribution is -0.122. The predicted molar refractivity (Wildman–Crippen MR) is 125 cm³/mol. The molecule has 1 atom stereocenters. The van der Waals surface area contributed by atoms with Crippen molar-refractivity contribution in [2.45, 2.75) is 17.1 Å². The maximum Gasteiger partial charge on any atom is 0.252 e. The number of ether oxygens (including phenoxy) is 1. The molecule has 31 heavy (non-hydrogen) atoms. The minimum absolute atomic E-state index is 0.159. The van der Waals surface area contributed by atoms with Gasteiger partial charge < -0.3 is 4.74 Å². The molecule has 1 heterocycles. The van der Waals surface area contributed by atoms with Crippen LogP contribution in [0.5, 0.6) is 5.75 Å². The van der Waals surface area contributed by atoms with Gasteiger partial charge in [0.15, 0.2) is 5.17 Å². The molecule has 0 saturated carbocycles. The number of amides is 1. The van der Waals surface area contributed by atoms with Crippen LogP contribution >= 0.6 is 11.8 Å². The molecule has 1 unspecified atom stereocenters. The number of methoxy groups -OCH3 is 1. The Kier molecular flexibility index (Phi) is 7.19. The Morgan fingerprint density at radius 3 is 2.68 bits per heavy atom. The molecule has 2 aromatic carbocycles. The lowest BCUT2D eigenvalue weighted by Crippen LogP contribution is -2.30. The van der Waals surface area contributed by atoms with Crippen molar-refractivity contribution in [1.82, 2.24) is 9.21 Å². The van der Waals surface area contributed by atoms with Gasteiger partial charge in [-0.1, -0.05) is 36.9 Å². The molecule has 1 saturated heterocycles. The standard InChI is InChI=1S/C22H25N3O4S2/c1-16-15-25(21(26)12-11-17-7-5-9-19(13-17)29-4)22(30-16)23-18-8-6-10-20(14-18)31(27,28)24(2)3/h5-14,16H,15H2,1-4H3. The van der Waals surface area contributed by atoms with Crippen LogP contribution < -0.4 is 4.74 Å². The topological polar surface area (TPSA) is 79.3 Å². The van der Waals surface area contributed by atoms with Crippen molar-refractivity contribution >= 4 is 44.6 Å². The van der Waals surface area contributed by atoms with E-state index >= 15 is 0 Å². The molecule has 1 aliphatic heterocycles. The number of amidine groups is 1. The molecule has 0 spiro atoms. The fourth-order valence-electron chi connectivity index (χ4n) is 2.92. The minimum atomic E-state index is -3.56. The Morgan fingerprint density at radius 2 is 1.97 bits per heavy atom. The number of nitrogens with zero attached hydrogens (tertiary/aromatic N) is 3. The third-order valence-corrected chi connectivity index (χ3v) is 7.46. The number of hydrogen-bond acceptors (Lipinski definition) is 6. The van der Waals surface area contributed by atoms with Crippen molar-refractivity contribution in [3.8, 4) is 5.75 Å². The second kappa shape index (κ2) is 9.67. The maximum atomic E-state index is 12.8. The van der Waals surface area contributed by atoms with Crippen LogP contribution in [0.2, 0.25) is 0 Å². The molecule has 0 N–H and O–H groups in total. The second-order valence-electron chi connectivity index (χ2n) is 7.17. The molecule has 1 fully saturated rings. The fourth-order valence-corrected chi connectivity index (χ4v) is 4.90. The highest BCUT2D eigenvalue weighted by molar-refractivity contribution is 8.14. The molecule has 164 valence electrons. The summed E-state index contributed by atoms with van der Waals surface area (Å²) < 4.78 is 31.2. The van der Waals surface area contributed by atoms with Crippen LogP contribution in [-0.4, -0.2) is 61.7 Å².